The first-order valence-electron chi connectivity index (χ1n) is 13.7. The Labute approximate surface area is 443 Å². The number of carbonyl (C=O) groups is 2. The van der Waals surface area contributed by atoms with Crippen LogP contribution in [0.5, 0.6) is 0 Å². The van der Waals surface area contributed by atoms with Gasteiger partial charge in [-0.2, -0.15) is 26.4 Å². The van der Waals surface area contributed by atoms with Crippen molar-refractivity contribution in [2.75, 3.05) is 10.6 Å². The second-order valence-electron chi connectivity index (χ2n) is 9.79. The number of aromatic nitrogens is 8. The average Bonchev–Trinajstić information content (AvgIpc) is 3.72. The van der Waals surface area contributed by atoms with Crippen LogP contribution in [0.4, 0.5) is 11.4 Å². The number of benzene rings is 4. The van der Waals surface area contributed by atoms with Crippen molar-refractivity contribution in [3.8, 4) is 11.4 Å². The molecular weight excluding hydrogens is 850 g/mol. The molecule has 6 rings (SSSR count). The third-order valence-corrected chi connectivity index (χ3v) is 8.54. The van der Waals surface area contributed by atoms with Crippen molar-refractivity contribution in [1.82, 2.24) is 40.4 Å². The fourth-order valence-electron chi connectivity index (χ4n) is 4.26. The van der Waals surface area contributed by atoms with Gasteiger partial charge < -0.3 is 14.9 Å². The van der Waals surface area contributed by atoms with Gasteiger partial charge in [0.1, 0.15) is 9.79 Å². The Morgan fingerprint density at radius 2 is 0.962 bits per heavy atom. The van der Waals surface area contributed by atoms with E-state index in [4.69, 9.17) is 24.4 Å². The fraction of sp³-hybridized carbons (Fsp3) is 0. The van der Waals surface area contributed by atoms with Crippen LogP contribution in [0.25, 0.3) is 11.4 Å². The van der Waals surface area contributed by atoms with Gasteiger partial charge >= 0.3 is 154 Å². The predicted octanol–water partition coefficient (Wildman–Crippen LogP) is -5.00. The quantitative estimate of drug-likeness (QED) is 0.0476. The zero-order valence-corrected chi connectivity index (χ0v) is 40.5. The maximum atomic E-state index is 12.4. The summed E-state index contributed by atoms with van der Waals surface area (Å²) in [7, 11) is -9.04. The van der Waals surface area contributed by atoms with Gasteiger partial charge in [-0.05, 0) is 95.5 Å². The number of hydrogen-bond acceptors (Lipinski definition) is 12. The van der Waals surface area contributed by atoms with Crippen molar-refractivity contribution in [2.24, 2.45) is 0 Å². The smallest absolute Gasteiger partial charge is 1.00 e. The van der Waals surface area contributed by atoms with Crippen LogP contribution in [0.3, 0.4) is 0 Å². The maximum Gasteiger partial charge on any atom is 1.00 e. The number of carbonyl (C=O) groups excluding carboxylic acids is 2. The summed E-state index contributed by atoms with van der Waals surface area (Å²) in [5.74, 6) is -1.37. The molecule has 2 amide bonds. The van der Waals surface area contributed by atoms with Crippen LogP contribution >= 0.6 is 24.4 Å². The molecule has 2 heterocycles. The Morgan fingerprint density at radius 1 is 0.604 bits per heavy atom. The zero-order chi connectivity index (χ0) is 36.1. The molecule has 53 heavy (non-hydrogen) atoms. The SMILES string of the molecule is O=C(Nc1cccc(-n2nnc(=S)[nH]2)c1)c1ccccc1S(=O)(=O)O.O=C(Nc1cccc(-n2nnc(=S)[nH]2)c1)c1ccccc1S(=O)(=O)O.[H-].[H-].[H-].[K+].[K+].[K+]. The van der Waals surface area contributed by atoms with E-state index in [2.05, 4.69) is 41.5 Å². The molecule has 0 saturated carbocycles. The summed E-state index contributed by atoms with van der Waals surface area (Å²) in [5, 5.41) is 25.5. The number of nitrogens with zero attached hydrogens (tertiary/aromatic N) is 6. The Balaban J connectivity index is 0. The number of rotatable bonds is 8. The first kappa shape index (κ1) is 48.3. The molecule has 18 nitrogen and oxygen atoms in total. The summed E-state index contributed by atoms with van der Waals surface area (Å²) in [6.07, 6.45) is 0. The van der Waals surface area contributed by atoms with Crippen LogP contribution in [0.1, 0.15) is 25.0 Å². The molecule has 4 aromatic carbocycles. The Morgan fingerprint density at radius 3 is 1.28 bits per heavy atom. The van der Waals surface area contributed by atoms with Crippen LogP contribution in [-0.4, -0.2) is 78.2 Å². The Hall–Kier alpha value is -0.871. The van der Waals surface area contributed by atoms with E-state index < -0.39 is 41.8 Å². The van der Waals surface area contributed by atoms with Crippen molar-refractivity contribution in [2.45, 2.75) is 9.79 Å². The zero-order valence-electron chi connectivity index (χ0n) is 30.9. The minimum Gasteiger partial charge on any atom is -1.00 e. The molecule has 0 spiro atoms. The number of tetrazole rings is 2. The van der Waals surface area contributed by atoms with Gasteiger partial charge in [-0.25, -0.2) is 10.2 Å². The third-order valence-electron chi connectivity index (χ3n) is 6.37. The van der Waals surface area contributed by atoms with E-state index in [1.165, 1.54) is 46.0 Å². The molecule has 0 fully saturated rings. The minimum atomic E-state index is -4.52. The van der Waals surface area contributed by atoms with Gasteiger partial charge in [0, 0.05) is 11.4 Å². The topological polar surface area (TPSA) is 260 Å². The number of aromatic amines is 2. The number of anilines is 2. The second-order valence-corrected chi connectivity index (χ2v) is 13.3. The molecule has 0 aliphatic rings. The van der Waals surface area contributed by atoms with Crippen LogP contribution in [-0.2, 0) is 20.2 Å². The van der Waals surface area contributed by atoms with Gasteiger partial charge in [0.2, 0.25) is 9.54 Å². The van der Waals surface area contributed by atoms with Gasteiger partial charge in [0.25, 0.3) is 32.1 Å². The molecule has 0 aliphatic carbocycles. The van der Waals surface area contributed by atoms with Gasteiger partial charge in [-0.1, -0.05) is 46.6 Å². The average molecular weight is 875 g/mol. The molecule has 0 aliphatic heterocycles. The summed E-state index contributed by atoms with van der Waals surface area (Å²) in [4.78, 5) is 26.5. The third kappa shape index (κ3) is 13.6. The van der Waals surface area contributed by atoms with Gasteiger partial charge in [0.05, 0.1) is 22.5 Å². The predicted molar refractivity (Wildman–Crippen MR) is 185 cm³/mol. The monoisotopic (exact) mass is 874 g/mol. The van der Waals surface area contributed by atoms with E-state index in [9.17, 15) is 35.5 Å². The van der Waals surface area contributed by atoms with Crippen LogP contribution in [0, 0.1) is 9.54 Å². The summed E-state index contributed by atoms with van der Waals surface area (Å²) in [6, 6.07) is 23.9. The van der Waals surface area contributed by atoms with E-state index in [0.717, 1.165) is 12.1 Å². The standard InChI is InChI=1S/2C14H11N5O4S2.3K.3H/c2*20-13(11-6-1-2-7-12(11)25(21,22)23)15-9-4-3-5-10(8-9)19-17-14(24)16-18-19;;;;;;/h2*1-8H,(H,15,20)(H,17,24)(H,21,22,23);;;;;;/q;;3*+1;3*-1. The molecule has 0 radical (unpaired) electrons. The molecule has 6 N–H and O–H groups in total. The molecule has 0 atom stereocenters. The summed E-state index contributed by atoms with van der Waals surface area (Å²) < 4.78 is 64.5. The van der Waals surface area contributed by atoms with Crippen molar-refractivity contribution in [3.05, 3.63) is 118 Å². The van der Waals surface area contributed by atoms with Crippen molar-refractivity contribution in [3.63, 3.8) is 0 Å². The van der Waals surface area contributed by atoms with Gasteiger partial charge in [-0.3, -0.25) is 18.7 Å². The number of hydrogen-bond donors (Lipinski definition) is 6. The first-order chi connectivity index (χ1) is 23.7. The molecule has 0 unspecified atom stereocenters. The van der Waals surface area contributed by atoms with Gasteiger partial charge in [-0.15, -0.1) is 0 Å². The van der Waals surface area contributed by atoms with Crippen LogP contribution in [0.15, 0.2) is 107 Å². The first-order valence-corrected chi connectivity index (χ1v) is 17.4. The normalized spacial score (nSPS) is 10.6. The number of nitrogens with one attached hydrogen (secondary N) is 4. The van der Waals surface area contributed by atoms with E-state index in [-0.39, 0.29) is 179 Å². The molecule has 6 aromatic rings. The molecular formula is C28H25K3N10O8S4. The van der Waals surface area contributed by atoms with E-state index in [1.807, 2.05) is 0 Å². The maximum absolute atomic E-state index is 12.4. The molecule has 262 valence electrons. The van der Waals surface area contributed by atoms with Gasteiger partial charge in [0.15, 0.2) is 0 Å². The van der Waals surface area contributed by atoms with Crippen molar-refractivity contribution >= 4 is 67.9 Å². The Bertz CT molecular complexity index is 2420. The van der Waals surface area contributed by atoms with E-state index in [0.29, 0.717) is 22.7 Å². The summed E-state index contributed by atoms with van der Waals surface area (Å²) in [5.41, 5.74) is 1.56. The molecule has 2 aromatic heterocycles. The van der Waals surface area contributed by atoms with E-state index >= 15 is 0 Å². The molecule has 25 heteroatoms. The number of H-pyrrole nitrogens is 2. The summed E-state index contributed by atoms with van der Waals surface area (Å²) in [6.45, 7) is 0. The Kier molecular flexibility index (Phi) is 19.7. The van der Waals surface area contributed by atoms with E-state index in [1.54, 1.807) is 48.5 Å². The summed E-state index contributed by atoms with van der Waals surface area (Å²) >= 11 is 9.70. The minimum absolute atomic E-state index is 0. The van der Waals surface area contributed by atoms with Crippen LogP contribution in [0.2, 0.25) is 0 Å². The molecule has 0 saturated heterocycles. The van der Waals surface area contributed by atoms with Crippen molar-refractivity contribution in [1.29, 1.82) is 0 Å². The number of amides is 2. The van der Waals surface area contributed by atoms with Crippen LogP contribution < -0.4 is 165 Å². The second kappa shape index (κ2) is 21.6. The fourth-order valence-corrected chi connectivity index (χ4v) is 5.88. The largest absolute Gasteiger partial charge is 1.00 e. The molecule has 0 bridgehead atoms. The van der Waals surface area contributed by atoms with Crippen molar-refractivity contribution < 1.29 is 194 Å².